The number of ether oxygens (including phenoxy) is 1. The molecule has 0 bridgehead atoms. The van der Waals surface area contributed by atoms with E-state index in [2.05, 4.69) is 4.98 Å². The standard InChI is InChI=1S/C18H11N3O2/c1-23-14-4-2-11(3-5-14)18-16(10-22)15-6-12(8-19)13(9-20)7-17(15)21-18/h2-7,10,21H,1H3. The van der Waals surface area contributed by atoms with Gasteiger partial charge < -0.3 is 9.72 Å². The van der Waals surface area contributed by atoms with Gasteiger partial charge >= 0.3 is 0 Å². The lowest BCUT2D eigenvalue weighted by molar-refractivity contribution is 0.112. The number of hydrogen-bond acceptors (Lipinski definition) is 4. The van der Waals surface area contributed by atoms with Crippen LogP contribution in [0.1, 0.15) is 21.5 Å². The molecule has 0 aliphatic carbocycles. The summed E-state index contributed by atoms with van der Waals surface area (Å²) in [6.45, 7) is 0. The van der Waals surface area contributed by atoms with Gasteiger partial charge in [-0.05, 0) is 42.0 Å². The van der Waals surface area contributed by atoms with Crippen LogP contribution < -0.4 is 4.74 Å². The molecule has 0 radical (unpaired) electrons. The van der Waals surface area contributed by atoms with Crippen molar-refractivity contribution >= 4 is 17.2 Å². The Balaban J connectivity index is 2.27. The van der Waals surface area contributed by atoms with E-state index < -0.39 is 0 Å². The zero-order chi connectivity index (χ0) is 16.4. The molecule has 3 rings (SSSR count). The molecule has 3 aromatic rings. The third-order valence-corrected chi connectivity index (χ3v) is 3.71. The first-order chi connectivity index (χ1) is 11.2. The van der Waals surface area contributed by atoms with Gasteiger partial charge in [0.25, 0.3) is 0 Å². The van der Waals surface area contributed by atoms with Crippen molar-refractivity contribution in [3.63, 3.8) is 0 Å². The molecule has 5 nitrogen and oxygen atoms in total. The van der Waals surface area contributed by atoms with Gasteiger partial charge in [0.2, 0.25) is 0 Å². The average Bonchev–Trinajstić information content (AvgIpc) is 2.97. The van der Waals surface area contributed by atoms with E-state index in [1.807, 2.05) is 24.3 Å². The molecule has 0 saturated heterocycles. The lowest BCUT2D eigenvalue weighted by atomic mass is 10.0. The van der Waals surface area contributed by atoms with Crippen molar-refractivity contribution in [1.29, 1.82) is 10.5 Å². The van der Waals surface area contributed by atoms with E-state index >= 15 is 0 Å². The molecule has 1 heterocycles. The summed E-state index contributed by atoms with van der Waals surface area (Å²) >= 11 is 0. The van der Waals surface area contributed by atoms with Crippen LogP contribution in [0.25, 0.3) is 22.2 Å². The molecule has 0 aliphatic rings. The Labute approximate surface area is 132 Å². The fourth-order valence-corrected chi connectivity index (χ4v) is 2.56. The van der Waals surface area contributed by atoms with Gasteiger partial charge in [0, 0.05) is 16.5 Å². The Morgan fingerprint density at radius 1 is 1.09 bits per heavy atom. The number of nitrogens with one attached hydrogen (secondary N) is 1. The van der Waals surface area contributed by atoms with Crippen molar-refractivity contribution in [3.8, 4) is 29.1 Å². The number of carbonyl (C=O) groups is 1. The molecule has 0 aliphatic heterocycles. The molecule has 0 unspecified atom stereocenters. The number of nitrogens with zero attached hydrogens (tertiary/aromatic N) is 2. The summed E-state index contributed by atoms with van der Waals surface area (Å²) in [5.41, 5.74) is 3.11. The fourth-order valence-electron chi connectivity index (χ4n) is 2.56. The first-order valence-corrected chi connectivity index (χ1v) is 6.81. The predicted molar refractivity (Wildman–Crippen MR) is 85.1 cm³/mol. The highest BCUT2D eigenvalue weighted by atomic mass is 16.5. The maximum atomic E-state index is 11.6. The van der Waals surface area contributed by atoms with Crippen LogP contribution in [-0.4, -0.2) is 18.4 Å². The Kier molecular flexibility index (Phi) is 3.54. The van der Waals surface area contributed by atoms with Crippen LogP contribution >= 0.6 is 0 Å². The summed E-state index contributed by atoms with van der Waals surface area (Å²) in [4.78, 5) is 14.7. The number of fused-ring (bicyclic) bond motifs is 1. The summed E-state index contributed by atoms with van der Waals surface area (Å²) < 4.78 is 5.13. The monoisotopic (exact) mass is 301 g/mol. The predicted octanol–water partition coefficient (Wildman–Crippen LogP) is 3.40. The highest BCUT2D eigenvalue weighted by Gasteiger charge is 2.15. The summed E-state index contributed by atoms with van der Waals surface area (Å²) in [6.07, 6.45) is 0.756. The first-order valence-electron chi connectivity index (χ1n) is 6.81. The molecule has 23 heavy (non-hydrogen) atoms. The van der Waals surface area contributed by atoms with Gasteiger partial charge in [-0.25, -0.2) is 0 Å². The molecular formula is C18H11N3O2. The molecular weight excluding hydrogens is 290 g/mol. The summed E-state index contributed by atoms with van der Waals surface area (Å²) in [7, 11) is 1.58. The molecule has 0 atom stereocenters. The molecule has 0 saturated carbocycles. The van der Waals surface area contributed by atoms with Crippen LogP contribution in [0.4, 0.5) is 0 Å². The number of H-pyrrole nitrogens is 1. The Hall–Kier alpha value is -3.57. The number of benzene rings is 2. The zero-order valence-electron chi connectivity index (χ0n) is 12.3. The smallest absolute Gasteiger partial charge is 0.152 e. The van der Waals surface area contributed by atoms with E-state index in [-0.39, 0.29) is 11.1 Å². The average molecular weight is 301 g/mol. The summed E-state index contributed by atoms with van der Waals surface area (Å²) in [5, 5.41) is 18.9. The number of aldehydes is 1. The molecule has 0 fully saturated rings. The Morgan fingerprint density at radius 2 is 1.74 bits per heavy atom. The van der Waals surface area contributed by atoms with Crippen molar-refractivity contribution in [2.24, 2.45) is 0 Å². The molecule has 0 amide bonds. The van der Waals surface area contributed by atoms with Gasteiger partial charge in [0.15, 0.2) is 6.29 Å². The second-order valence-electron chi connectivity index (χ2n) is 4.93. The lowest BCUT2D eigenvalue weighted by Crippen LogP contribution is -1.86. The Bertz CT molecular complexity index is 986. The van der Waals surface area contributed by atoms with Crippen LogP contribution in [0.3, 0.4) is 0 Å². The molecule has 2 aromatic carbocycles. The Morgan fingerprint density at radius 3 is 2.30 bits per heavy atom. The van der Waals surface area contributed by atoms with Crippen molar-refractivity contribution < 1.29 is 9.53 Å². The molecule has 110 valence electrons. The van der Waals surface area contributed by atoms with Gasteiger partial charge in [0.05, 0.1) is 23.9 Å². The van der Waals surface area contributed by atoms with E-state index in [0.717, 1.165) is 17.6 Å². The van der Waals surface area contributed by atoms with Crippen LogP contribution in [0.5, 0.6) is 5.75 Å². The molecule has 5 heteroatoms. The topological polar surface area (TPSA) is 89.7 Å². The van der Waals surface area contributed by atoms with Crippen molar-refractivity contribution in [2.45, 2.75) is 0 Å². The van der Waals surface area contributed by atoms with E-state index in [4.69, 9.17) is 15.3 Å². The quantitative estimate of drug-likeness (QED) is 0.751. The second kappa shape index (κ2) is 5.67. The third-order valence-electron chi connectivity index (χ3n) is 3.71. The number of methoxy groups -OCH3 is 1. The lowest BCUT2D eigenvalue weighted by Gasteiger charge is -2.02. The van der Waals surface area contributed by atoms with Crippen molar-refractivity contribution in [1.82, 2.24) is 4.98 Å². The van der Waals surface area contributed by atoms with Crippen LogP contribution in [0, 0.1) is 22.7 Å². The number of nitriles is 2. The molecule has 0 spiro atoms. The normalized spacial score (nSPS) is 10.0. The van der Waals surface area contributed by atoms with Crippen LogP contribution in [0.2, 0.25) is 0 Å². The van der Waals surface area contributed by atoms with E-state index in [0.29, 0.717) is 22.2 Å². The van der Waals surface area contributed by atoms with Crippen molar-refractivity contribution in [3.05, 3.63) is 53.1 Å². The third kappa shape index (κ3) is 2.31. The van der Waals surface area contributed by atoms with Crippen LogP contribution in [-0.2, 0) is 0 Å². The second-order valence-corrected chi connectivity index (χ2v) is 4.93. The number of rotatable bonds is 3. The van der Waals surface area contributed by atoms with E-state index in [9.17, 15) is 4.79 Å². The van der Waals surface area contributed by atoms with E-state index in [1.165, 1.54) is 0 Å². The number of carbonyl (C=O) groups excluding carboxylic acids is 1. The fraction of sp³-hybridized carbons (Fsp3) is 0.0556. The SMILES string of the molecule is COc1ccc(-c2[nH]c3cc(C#N)c(C#N)cc3c2C=O)cc1. The summed E-state index contributed by atoms with van der Waals surface area (Å²) in [5.74, 6) is 0.719. The summed E-state index contributed by atoms with van der Waals surface area (Å²) in [6, 6.07) is 14.4. The van der Waals surface area contributed by atoms with E-state index in [1.54, 1.807) is 31.4 Å². The first kappa shape index (κ1) is 14.4. The molecule has 1 N–H and O–H groups in total. The number of aromatic nitrogens is 1. The highest BCUT2D eigenvalue weighted by Crippen LogP contribution is 2.31. The highest BCUT2D eigenvalue weighted by molar-refractivity contribution is 6.05. The number of hydrogen-bond donors (Lipinski definition) is 1. The van der Waals surface area contributed by atoms with Gasteiger partial charge in [-0.1, -0.05) is 0 Å². The zero-order valence-corrected chi connectivity index (χ0v) is 12.3. The van der Waals surface area contributed by atoms with Crippen LogP contribution in [0.15, 0.2) is 36.4 Å². The maximum Gasteiger partial charge on any atom is 0.152 e. The van der Waals surface area contributed by atoms with Gasteiger partial charge in [-0.15, -0.1) is 0 Å². The maximum absolute atomic E-state index is 11.6. The minimum atomic E-state index is 0.253. The minimum absolute atomic E-state index is 0.253. The van der Waals surface area contributed by atoms with Gasteiger partial charge in [-0.2, -0.15) is 10.5 Å². The minimum Gasteiger partial charge on any atom is -0.497 e. The van der Waals surface area contributed by atoms with Crippen molar-refractivity contribution in [2.75, 3.05) is 7.11 Å². The van der Waals surface area contributed by atoms with Gasteiger partial charge in [-0.3, -0.25) is 4.79 Å². The number of aromatic amines is 1. The van der Waals surface area contributed by atoms with Gasteiger partial charge in [0.1, 0.15) is 17.9 Å². The largest absolute Gasteiger partial charge is 0.497 e. The molecule has 1 aromatic heterocycles.